The van der Waals surface area contributed by atoms with Crippen LogP contribution in [0, 0.1) is 0 Å². The summed E-state index contributed by atoms with van der Waals surface area (Å²) in [7, 11) is 0. The first kappa shape index (κ1) is 10.8. The van der Waals surface area contributed by atoms with E-state index < -0.39 is 5.97 Å². The molecule has 15 heavy (non-hydrogen) atoms. The van der Waals surface area contributed by atoms with Gasteiger partial charge in [-0.1, -0.05) is 15.9 Å². The van der Waals surface area contributed by atoms with Crippen molar-refractivity contribution in [2.75, 3.05) is 23.7 Å². The number of carboxylic acid groups (broad SMARTS) is 1. The number of nitrogens with zero attached hydrogens (tertiary/aromatic N) is 1. The van der Waals surface area contributed by atoms with Gasteiger partial charge in [-0.3, -0.25) is 4.79 Å². The van der Waals surface area contributed by atoms with E-state index >= 15 is 0 Å². The van der Waals surface area contributed by atoms with Crippen LogP contribution in [0.5, 0.6) is 0 Å². The number of carbonyl (C=O) groups is 1. The van der Waals surface area contributed by atoms with Crippen molar-refractivity contribution < 1.29 is 9.90 Å². The lowest BCUT2D eigenvalue weighted by Crippen LogP contribution is -2.34. The molecule has 0 saturated carbocycles. The fraction of sp³-hybridized carbons (Fsp3) is 0.300. The number of hydrogen-bond donors (Lipinski definition) is 1. The van der Waals surface area contributed by atoms with Crippen LogP contribution < -0.4 is 4.90 Å². The summed E-state index contributed by atoms with van der Waals surface area (Å²) in [6, 6.07) is 5.98. The van der Waals surface area contributed by atoms with Crippen molar-refractivity contribution in [1.82, 2.24) is 0 Å². The molecule has 1 aromatic carbocycles. The predicted octanol–water partition coefficient (Wildman–Crippen LogP) is 2.45. The average Bonchev–Trinajstić information content (AvgIpc) is 2.18. The molecule has 1 N–H and O–H groups in total. The van der Waals surface area contributed by atoms with Crippen LogP contribution >= 0.6 is 27.7 Å². The number of fused-ring (bicyclic) bond motifs is 1. The average molecular weight is 288 g/mol. The maximum absolute atomic E-state index is 10.7. The predicted molar refractivity (Wildman–Crippen MR) is 64.7 cm³/mol. The molecule has 1 aliphatic heterocycles. The zero-order valence-electron chi connectivity index (χ0n) is 7.94. The van der Waals surface area contributed by atoms with Gasteiger partial charge in [0.05, 0.1) is 5.69 Å². The van der Waals surface area contributed by atoms with Gasteiger partial charge in [-0.25, -0.2) is 0 Å². The summed E-state index contributed by atoms with van der Waals surface area (Å²) in [5, 5.41) is 8.80. The summed E-state index contributed by atoms with van der Waals surface area (Å²) >= 11 is 5.17. The molecule has 1 aromatic rings. The molecule has 0 bridgehead atoms. The van der Waals surface area contributed by atoms with Gasteiger partial charge in [0.2, 0.25) is 0 Å². The number of rotatable bonds is 2. The van der Waals surface area contributed by atoms with Gasteiger partial charge < -0.3 is 10.0 Å². The van der Waals surface area contributed by atoms with Crippen LogP contribution in [-0.2, 0) is 4.79 Å². The molecule has 3 nitrogen and oxygen atoms in total. The Kier molecular flexibility index (Phi) is 3.21. The Morgan fingerprint density at radius 1 is 1.60 bits per heavy atom. The SMILES string of the molecule is O=C(O)CN1CCSc2ccc(Br)cc21. The van der Waals surface area contributed by atoms with Crippen molar-refractivity contribution >= 4 is 39.3 Å². The first-order chi connectivity index (χ1) is 7.16. The van der Waals surface area contributed by atoms with Crippen LogP contribution in [0.15, 0.2) is 27.6 Å². The van der Waals surface area contributed by atoms with Crippen LogP contribution in [0.1, 0.15) is 0 Å². The van der Waals surface area contributed by atoms with E-state index in [9.17, 15) is 4.79 Å². The second kappa shape index (κ2) is 4.45. The lowest BCUT2D eigenvalue weighted by Gasteiger charge is -2.29. The van der Waals surface area contributed by atoms with Crippen LogP contribution in [0.3, 0.4) is 0 Å². The summed E-state index contributed by atoms with van der Waals surface area (Å²) in [6.07, 6.45) is 0. The molecule has 80 valence electrons. The zero-order valence-corrected chi connectivity index (χ0v) is 10.3. The van der Waals surface area contributed by atoms with E-state index in [1.54, 1.807) is 11.8 Å². The normalized spacial score (nSPS) is 14.9. The monoisotopic (exact) mass is 287 g/mol. The molecule has 1 heterocycles. The van der Waals surface area contributed by atoms with Gasteiger partial charge >= 0.3 is 5.97 Å². The molecule has 1 aliphatic rings. The summed E-state index contributed by atoms with van der Waals surface area (Å²) in [5.41, 5.74) is 1.02. The first-order valence-electron chi connectivity index (χ1n) is 4.56. The number of carboxylic acids is 1. The molecule has 0 aromatic heterocycles. The molecule has 2 rings (SSSR count). The maximum atomic E-state index is 10.7. The minimum atomic E-state index is -0.784. The highest BCUT2D eigenvalue weighted by atomic mass is 79.9. The van der Waals surface area contributed by atoms with E-state index in [0.29, 0.717) is 0 Å². The van der Waals surface area contributed by atoms with E-state index in [4.69, 9.17) is 5.11 Å². The van der Waals surface area contributed by atoms with Crippen LogP contribution in [0.25, 0.3) is 0 Å². The fourth-order valence-electron chi connectivity index (χ4n) is 1.57. The van der Waals surface area contributed by atoms with Crippen LogP contribution in [-0.4, -0.2) is 29.9 Å². The zero-order chi connectivity index (χ0) is 10.8. The number of anilines is 1. The second-order valence-electron chi connectivity index (χ2n) is 3.28. The first-order valence-corrected chi connectivity index (χ1v) is 6.34. The molecule has 0 radical (unpaired) electrons. The van der Waals surface area contributed by atoms with E-state index in [1.807, 2.05) is 23.1 Å². The molecule has 5 heteroatoms. The number of halogens is 1. The van der Waals surface area contributed by atoms with Gasteiger partial charge in [-0.2, -0.15) is 0 Å². The summed E-state index contributed by atoms with van der Waals surface area (Å²) in [4.78, 5) is 13.8. The number of benzene rings is 1. The maximum Gasteiger partial charge on any atom is 0.323 e. The van der Waals surface area contributed by atoms with Crippen molar-refractivity contribution in [3.05, 3.63) is 22.7 Å². The summed E-state index contributed by atoms with van der Waals surface area (Å²) in [6.45, 7) is 0.866. The van der Waals surface area contributed by atoms with Gasteiger partial charge in [0, 0.05) is 21.7 Å². The van der Waals surface area contributed by atoms with Crippen molar-refractivity contribution in [1.29, 1.82) is 0 Å². The lowest BCUT2D eigenvalue weighted by molar-refractivity contribution is -0.135. The largest absolute Gasteiger partial charge is 0.480 e. The highest BCUT2D eigenvalue weighted by Crippen LogP contribution is 2.36. The smallest absolute Gasteiger partial charge is 0.323 e. The fourth-order valence-corrected chi connectivity index (χ4v) is 2.95. The van der Waals surface area contributed by atoms with Crippen molar-refractivity contribution in [3.8, 4) is 0 Å². The molecule has 0 fully saturated rings. The van der Waals surface area contributed by atoms with Gasteiger partial charge in [0.15, 0.2) is 0 Å². The summed E-state index contributed by atoms with van der Waals surface area (Å²) in [5.74, 6) is 0.162. The topological polar surface area (TPSA) is 40.5 Å². The van der Waals surface area contributed by atoms with E-state index in [2.05, 4.69) is 15.9 Å². The second-order valence-corrected chi connectivity index (χ2v) is 5.33. The van der Waals surface area contributed by atoms with Gasteiger partial charge in [-0.05, 0) is 18.2 Å². The Morgan fingerprint density at radius 3 is 3.13 bits per heavy atom. The third kappa shape index (κ3) is 2.46. The molecule has 0 atom stereocenters. The van der Waals surface area contributed by atoms with Crippen molar-refractivity contribution in [2.45, 2.75) is 4.90 Å². The summed E-state index contributed by atoms with van der Waals surface area (Å²) < 4.78 is 0.985. The molecule has 0 spiro atoms. The van der Waals surface area contributed by atoms with E-state index in [0.717, 1.165) is 27.4 Å². The standard InChI is InChI=1S/C10H10BrNO2S/c11-7-1-2-9-8(5-7)12(3-4-15-9)6-10(13)14/h1-2,5H,3-4,6H2,(H,13,14). The van der Waals surface area contributed by atoms with Gasteiger partial charge in [-0.15, -0.1) is 11.8 Å². The highest BCUT2D eigenvalue weighted by molar-refractivity contribution is 9.10. The number of thioether (sulfide) groups is 1. The van der Waals surface area contributed by atoms with Crippen molar-refractivity contribution in [3.63, 3.8) is 0 Å². The number of hydrogen-bond acceptors (Lipinski definition) is 3. The minimum Gasteiger partial charge on any atom is -0.480 e. The Hall–Kier alpha value is -0.680. The quantitative estimate of drug-likeness (QED) is 0.907. The Bertz CT molecular complexity index is 397. The Morgan fingerprint density at radius 2 is 2.40 bits per heavy atom. The molecular weight excluding hydrogens is 278 g/mol. The molecular formula is C10H10BrNO2S. The molecule has 0 aliphatic carbocycles. The van der Waals surface area contributed by atoms with Crippen LogP contribution in [0.2, 0.25) is 0 Å². The van der Waals surface area contributed by atoms with Gasteiger partial charge in [0.25, 0.3) is 0 Å². The molecule has 0 saturated heterocycles. The lowest BCUT2D eigenvalue weighted by atomic mass is 10.2. The number of aliphatic carboxylic acids is 1. The third-order valence-corrected chi connectivity index (χ3v) is 3.74. The van der Waals surface area contributed by atoms with E-state index in [-0.39, 0.29) is 6.54 Å². The van der Waals surface area contributed by atoms with E-state index in [1.165, 1.54) is 0 Å². The Balaban J connectivity index is 2.32. The van der Waals surface area contributed by atoms with Crippen molar-refractivity contribution in [2.24, 2.45) is 0 Å². The minimum absolute atomic E-state index is 0.0734. The third-order valence-electron chi connectivity index (χ3n) is 2.21. The Labute approximate surface area is 101 Å². The highest BCUT2D eigenvalue weighted by Gasteiger charge is 2.19. The molecule has 0 unspecified atom stereocenters. The van der Waals surface area contributed by atoms with Gasteiger partial charge in [0.1, 0.15) is 6.54 Å². The van der Waals surface area contributed by atoms with Crippen LogP contribution in [0.4, 0.5) is 5.69 Å². The molecule has 0 amide bonds.